The molecule has 0 unspecified atom stereocenters. The monoisotopic (exact) mass is 525 g/mol. The molecule has 0 N–H and O–H groups in total. The minimum absolute atomic E-state index is 0.0866. The fourth-order valence-electron chi connectivity index (χ4n) is 4.31. The predicted octanol–water partition coefficient (Wildman–Crippen LogP) is 5.25. The molecule has 0 aliphatic carbocycles. The van der Waals surface area contributed by atoms with Crippen LogP contribution in [-0.4, -0.2) is 68.9 Å². The second-order valence-corrected chi connectivity index (χ2v) is 9.96. The molecule has 0 spiro atoms. The first-order valence-corrected chi connectivity index (χ1v) is 13.2. The van der Waals surface area contributed by atoms with Crippen molar-refractivity contribution in [3.05, 3.63) is 59.6 Å². The summed E-state index contributed by atoms with van der Waals surface area (Å²) in [6.07, 6.45) is 0.808. The van der Waals surface area contributed by atoms with Gasteiger partial charge >= 0.3 is 0 Å². The third kappa shape index (κ3) is 5.57. The highest BCUT2D eigenvalue weighted by Crippen LogP contribution is 2.38. The molecule has 0 radical (unpaired) electrons. The van der Waals surface area contributed by atoms with Gasteiger partial charge in [0.15, 0.2) is 11.7 Å². The van der Waals surface area contributed by atoms with Gasteiger partial charge in [0, 0.05) is 26.2 Å². The highest BCUT2D eigenvalue weighted by atomic mass is 35.5. The van der Waals surface area contributed by atoms with Crippen LogP contribution in [0, 0.1) is 0 Å². The van der Waals surface area contributed by atoms with Crippen LogP contribution in [0.5, 0.6) is 11.5 Å². The fraction of sp³-hybridized carbons (Fsp3) is 0.333. The number of nitrogens with zero attached hydrogens (tertiary/aromatic N) is 3. The van der Waals surface area contributed by atoms with Crippen LogP contribution in [0.1, 0.15) is 6.42 Å². The molecule has 0 atom stereocenters. The van der Waals surface area contributed by atoms with E-state index in [1.165, 1.54) is 11.3 Å². The van der Waals surface area contributed by atoms with Gasteiger partial charge in [-0.15, -0.1) is 0 Å². The van der Waals surface area contributed by atoms with Gasteiger partial charge in [0.25, 0.3) is 5.91 Å². The van der Waals surface area contributed by atoms with Crippen molar-refractivity contribution in [3.63, 3.8) is 0 Å². The van der Waals surface area contributed by atoms with Crippen LogP contribution in [0.15, 0.2) is 54.6 Å². The molecule has 1 aromatic heterocycles. The summed E-state index contributed by atoms with van der Waals surface area (Å²) in [5.41, 5.74) is 0.659. The van der Waals surface area contributed by atoms with E-state index in [2.05, 4.69) is 4.90 Å². The number of hydrogen-bond acceptors (Lipinski definition) is 7. The maximum atomic E-state index is 13.4. The molecule has 2 heterocycles. The van der Waals surface area contributed by atoms with Crippen LogP contribution >= 0.6 is 22.9 Å². The summed E-state index contributed by atoms with van der Waals surface area (Å²) in [6, 6.07) is 17.5. The Morgan fingerprint density at radius 3 is 2.75 bits per heavy atom. The van der Waals surface area contributed by atoms with Crippen molar-refractivity contribution in [2.45, 2.75) is 6.42 Å². The fourth-order valence-corrected chi connectivity index (χ4v) is 5.61. The second-order valence-electron chi connectivity index (χ2n) is 8.57. The lowest BCUT2D eigenvalue weighted by atomic mass is 10.1. The molecule has 1 aliphatic rings. The van der Waals surface area contributed by atoms with Gasteiger partial charge in [-0.2, -0.15) is 0 Å². The van der Waals surface area contributed by atoms with Crippen molar-refractivity contribution in [2.75, 3.05) is 58.0 Å². The summed E-state index contributed by atoms with van der Waals surface area (Å²) in [4.78, 5) is 22.3. The Hall–Kier alpha value is -2.91. The zero-order valence-electron chi connectivity index (χ0n) is 20.1. The van der Waals surface area contributed by atoms with Crippen molar-refractivity contribution >= 4 is 55.0 Å². The SMILES string of the molecule is COc1ccc(Cl)c2sc(N(CCCN3CCOCC3)C(=O)COc3ccc4ccccc4c3)nc12. The summed E-state index contributed by atoms with van der Waals surface area (Å²) < 4.78 is 17.6. The molecule has 4 aromatic rings. The molecule has 1 saturated heterocycles. The van der Waals surface area contributed by atoms with Gasteiger partial charge in [-0.05, 0) is 41.5 Å². The van der Waals surface area contributed by atoms with Gasteiger partial charge in [-0.25, -0.2) is 4.98 Å². The Balaban J connectivity index is 1.35. The number of anilines is 1. The minimum atomic E-state index is -0.153. The highest BCUT2D eigenvalue weighted by molar-refractivity contribution is 7.23. The van der Waals surface area contributed by atoms with Crippen LogP contribution in [0.3, 0.4) is 0 Å². The lowest BCUT2D eigenvalue weighted by Crippen LogP contribution is -2.40. The van der Waals surface area contributed by atoms with Gasteiger partial charge in [-0.1, -0.05) is 53.3 Å². The van der Waals surface area contributed by atoms with Crippen molar-refractivity contribution in [1.82, 2.24) is 9.88 Å². The Labute approximate surface area is 219 Å². The maximum Gasteiger partial charge on any atom is 0.266 e. The summed E-state index contributed by atoms with van der Waals surface area (Å²) in [5.74, 6) is 1.13. The number of carbonyl (C=O) groups excluding carboxylic acids is 1. The largest absolute Gasteiger partial charge is 0.494 e. The predicted molar refractivity (Wildman–Crippen MR) is 145 cm³/mol. The number of fused-ring (bicyclic) bond motifs is 2. The zero-order chi connectivity index (χ0) is 24.9. The molecule has 9 heteroatoms. The van der Waals surface area contributed by atoms with Crippen LogP contribution in [-0.2, 0) is 9.53 Å². The number of methoxy groups -OCH3 is 1. The molecule has 1 aliphatic heterocycles. The minimum Gasteiger partial charge on any atom is -0.494 e. The van der Waals surface area contributed by atoms with Crippen molar-refractivity contribution in [3.8, 4) is 11.5 Å². The van der Waals surface area contributed by atoms with E-state index in [0.29, 0.717) is 33.7 Å². The number of thiazole rings is 1. The number of morpholine rings is 1. The average molecular weight is 526 g/mol. The van der Waals surface area contributed by atoms with Gasteiger partial charge < -0.3 is 14.2 Å². The first kappa shape index (κ1) is 24.8. The van der Waals surface area contributed by atoms with Gasteiger partial charge in [-0.3, -0.25) is 14.6 Å². The number of halogens is 1. The molecular weight excluding hydrogens is 498 g/mol. The van der Waals surface area contributed by atoms with Crippen molar-refractivity contribution in [1.29, 1.82) is 0 Å². The van der Waals surface area contributed by atoms with Gasteiger partial charge in [0.1, 0.15) is 17.0 Å². The van der Waals surface area contributed by atoms with Crippen molar-refractivity contribution < 1.29 is 19.0 Å². The van der Waals surface area contributed by atoms with Crippen LogP contribution in [0.2, 0.25) is 5.02 Å². The first-order chi connectivity index (χ1) is 17.6. The lowest BCUT2D eigenvalue weighted by molar-refractivity contribution is -0.120. The molecule has 1 amide bonds. The van der Waals surface area contributed by atoms with E-state index in [0.717, 1.165) is 54.7 Å². The quantitative estimate of drug-likeness (QED) is 0.297. The smallest absolute Gasteiger partial charge is 0.266 e. The highest BCUT2D eigenvalue weighted by Gasteiger charge is 2.23. The molecule has 0 bridgehead atoms. The number of rotatable bonds is 9. The molecule has 188 valence electrons. The molecule has 1 fully saturated rings. The van der Waals surface area contributed by atoms with E-state index in [9.17, 15) is 4.79 Å². The van der Waals surface area contributed by atoms with E-state index in [1.807, 2.05) is 42.5 Å². The number of ether oxygens (including phenoxy) is 3. The third-order valence-electron chi connectivity index (χ3n) is 6.24. The zero-order valence-corrected chi connectivity index (χ0v) is 21.7. The van der Waals surface area contributed by atoms with E-state index in [4.69, 9.17) is 30.8 Å². The maximum absolute atomic E-state index is 13.4. The molecule has 7 nitrogen and oxygen atoms in total. The van der Waals surface area contributed by atoms with E-state index >= 15 is 0 Å². The standard InChI is InChI=1S/C27H28ClN3O4S/c1-33-23-10-9-22(28)26-25(23)29-27(36-26)31(12-4-11-30-13-15-34-16-14-30)24(32)18-35-21-8-7-19-5-2-3-6-20(19)17-21/h2-3,5-10,17H,4,11-16,18H2,1H3. The Kier molecular flexibility index (Phi) is 7.87. The summed E-state index contributed by atoms with van der Waals surface area (Å²) in [5, 5.41) is 3.37. The Morgan fingerprint density at radius 1 is 1.14 bits per heavy atom. The Bertz CT molecular complexity index is 1360. The number of carbonyl (C=O) groups is 1. The molecule has 36 heavy (non-hydrogen) atoms. The van der Waals surface area contributed by atoms with E-state index < -0.39 is 0 Å². The summed E-state index contributed by atoms with van der Waals surface area (Å²) >= 11 is 7.84. The molecule has 5 rings (SSSR count). The lowest BCUT2D eigenvalue weighted by Gasteiger charge is -2.27. The Morgan fingerprint density at radius 2 is 1.94 bits per heavy atom. The number of benzene rings is 3. The topological polar surface area (TPSA) is 64.1 Å². The number of hydrogen-bond donors (Lipinski definition) is 0. The van der Waals surface area contributed by atoms with Crippen molar-refractivity contribution in [2.24, 2.45) is 0 Å². The summed E-state index contributed by atoms with van der Waals surface area (Å²) in [6.45, 7) is 4.64. The molecule has 3 aromatic carbocycles. The van der Waals surface area contributed by atoms with Crippen LogP contribution in [0.4, 0.5) is 5.13 Å². The van der Waals surface area contributed by atoms with Gasteiger partial charge in [0.2, 0.25) is 0 Å². The van der Waals surface area contributed by atoms with Crippen LogP contribution < -0.4 is 14.4 Å². The molecular formula is C27H28ClN3O4S. The number of aromatic nitrogens is 1. The summed E-state index contributed by atoms with van der Waals surface area (Å²) in [7, 11) is 1.60. The van der Waals surface area contributed by atoms with Gasteiger partial charge in [0.05, 0.1) is 30.0 Å². The number of amides is 1. The van der Waals surface area contributed by atoms with E-state index in [-0.39, 0.29) is 12.5 Å². The van der Waals surface area contributed by atoms with Crippen LogP contribution in [0.25, 0.3) is 21.0 Å². The first-order valence-electron chi connectivity index (χ1n) is 12.0. The molecule has 0 saturated carbocycles. The second kappa shape index (κ2) is 11.4. The third-order valence-corrected chi connectivity index (χ3v) is 7.78. The van der Waals surface area contributed by atoms with E-state index in [1.54, 1.807) is 24.1 Å². The normalized spacial score (nSPS) is 14.3. The average Bonchev–Trinajstić information content (AvgIpc) is 3.36.